The number of fused-ring (bicyclic) bond motifs is 1. The molecule has 0 aliphatic rings. The van der Waals surface area contributed by atoms with E-state index in [2.05, 4.69) is 4.98 Å². The Bertz CT molecular complexity index is 804. The summed E-state index contributed by atoms with van der Waals surface area (Å²) in [6.07, 6.45) is 0. The smallest absolute Gasteiger partial charge is 0.205 e. The number of hydrogen-bond donors (Lipinski definition) is 1. The fourth-order valence-electron chi connectivity index (χ4n) is 2.25. The fraction of sp³-hybridized carbons (Fsp3) is 0.0714. The lowest BCUT2D eigenvalue weighted by Gasteiger charge is -2.10. The zero-order valence-electron chi connectivity index (χ0n) is 10.5. The third kappa shape index (κ3) is 1.92. The summed E-state index contributed by atoms with van der Waals surface area (Å²) in [6, 6.07) is 8.67. The highest BCUT2D eigenvalue weighted by Gasteiger charge is 2.15. The van der Waals surface area contributed by atoms with Gasteiger partial charge in [0.25, 0.3) is 0 Å². The maximum Gasteiger partial charge on any atom is 0.205 e. The molecule has 0 spiro atoms. The molecule has 0 amide bonds. The quantitative estimate of drug-likeness (QED) is 0.679. The largest absolute Gasteiger partial charge is 0.369 e. The molecule has 2 aromatic carbocycles. The Morgan fingerprint density at radius 3 is 2.50 bits per heavy atom. The molecule has 0 radical (unpaired) electrons. The molecule has 2 N–H and O–H groups in total. The minimum atomic E-state index is -0.642. The van der Waals surface area contributed by atoms with Crippen LogP contribution < -0.4 is 5.73 Å². The standard InChI is InChI=1S/C14H10Cl2FN3/c1-7-3-2-4-11-13(7)20(14(18)19-11)8-5-9(15)12(17)10(16)6-8/h2-6H,1H3,(H2,18,19). The second kappa shape index (κ2) is 4.65. The van der Waals surface area contributed by atoms with Crippen molar-refractivity contribution in [2.45, 2.75) is 6.92 Å². The third-order valence-electron chi connectivity index (χ3n) is 3.13. The first-order valence-corrected chi connectivity index (χ1v) is 6.63. The molecule has 0 saturated heterocycles. The molecule has 1 heterocycles. The van der Waals surface area contributed by atoms with E-state index in [4.69, 9.17) is 28.9 Å². The summed E-state index contributed by atoms with van der Waals surface area (Å²) in [7, 11) is 0. The van der Waals surface area contributed by atoms with Crippen LogP contribution in [0.5, 0.6) is 0 Å². The summed E-state index contributed by atoms with van der Waals surface area (Å²) in [5.41, 5.74) is 9.16. The van der Waals surface area contributed by atoms with Crippen LogP contribution >= 0.6 is 23.2 Å². The van der Waals surface area contributed by atoms with Gasteiger partial charge in [0.05, 0.1) is 26.8 Å². The molecule has 0 aliphatic heterocycles. The van der Waals surface area contributed by atoms with Gasteiger partial charge < -0.3 is 5.73 Å². The van der Waals surface area contributed by atoms with Crippen molar-refractivity contribution in [1.29, 1.82) is 0 Å². The number of benzene rings is 2. The normalized spacial score (nSPS) is 11.2. The molecule has 102 valence electrons. The first kappa shape index (κ1) is 13.2. The zero-order chi connectivity index (χ0) is 14.4. The molecule has 6 heteroatoms. The van der Waals surface area contributed by atoms with E-state index in [1.807, 2.05) is 25.1 Å². The summed E-state index contributed by atoms with van der Waals surface area (Å²) in [4.78, 5) is 4.29. The Kier molecular flexibility index (Phi) is 3.07. The summed E-state index contributed by atoms with van der Waals surface area (Å²) in [5.74, 6) is -0.343. The molecule has 3 rings (SSSR count). The molecular formula is C14H10Cl2FN3. The molecule has 1 aromatic heterocycles. The molecule has 0 unspecified atom stereocenters. The van der Waals surface area contributed by atoms with Crippen LogP contribution in [0.3, 0.4) is 0 Å². The van der Waals surface area contributed by atoms with Crippen LogP contribution in [0.25, 0.3) is 16.7 Å². The molecule has 0 aliphatic carbocycles. The maximum absolute atomic E-state index is 13.5. The third-order valence-corrected chi connectivity index (χ3v) is 3.68. The lowest BCUT2D eigenvalue weighted by atomic mass is 10.2. The van der Waals surface area contributed by atoms with Gasteiger partial charge in [-0.15, -0.1) is 0 Å². The second-order valence-corrected chi connectivity index (χ2v) is 5.29. The van der Waals surface area contributed by atoms with Crippen LogP contribution in [0.2, 0.25) is 10.0 Å². The average molecular weight is 310 g/mol. The summed E-state index contributed by atoms with van der Waals surface area (Å²) < 4.78 is 15.2. The number of aromatic nitrogens is 2. The Morgan fingerprint density at radius 2 is 1.85 bits per heavy atom. The molecule has 0 fully saturated rings. The van der Waals surface area contributed by atoms with Gasteiger partial charge >= 0.3 is 0 Å². The highest BCUT2D eigenvalue weighted by atomic mass is 35.5. The SMILES string of the molecule is Cc1cccc2nc(N)n(-c3cc(Cl)c(F)c(Cl)c3)c12. The van der Waals surface area contributed by atoms with Crippen LogP contribution in [-0.2, 0) is 0 Å². The van der Waals surface area contributed by atoms with Gasteiger partial charge in [0.2, 0.25) is 5.95 Å². The Hall–Kier alpha value is -1.78. The Morgan fingerprint density at radius 1 is 1.20 bits per heavy atom. The molecule has 20 heavy (non-hydrogen) atoms. The molecule has 0 atom stereocenters. The van der Waals surface area contributed by atoms with Crippen molar-refractivity contribution in [3.8, 4) is 5.69 Å². The van der Waals surface area contributed by atoms with Gasteiger partial charge in [0, 0.05) is 0 Å². The van der Waals surface area contributed by atoms with Crippen molar-refractivity contribution in [3.63, 3.8) is 0 Å². The maximum atomic E-state index is 13.5. The average Bonchev–Trinajstić information content (AvgIpc) is 2.73. The van der Waals surface area contributed by atoms with Gasteiger partial charge in [0.15, 0.2) is 5.82 Å². The van der Waals surface area contributed by atoms with Crippen LogP contribution in [0.4, 0.5) is 10.3 Å². The van der Waals surface area contributed by atoms with Crippen molar-refractivity contribution < 1.29 is 4.39 Å². The molecule has 3 nitrogen and oxygen atoms in total. The first-order chi connectivity index (χ1) is 9.49. The topological polar surface area (TPSA) is 43.8 Å². The number of nitrogens with two attached hydrogens (primary N) is 1. The van der Waals surface area contributed by atoms with E-state index in [0.29, 0.717) is 11.6 Å². The Balaban J connectivity index is 2.38. The van der Waals surface area contributed by atoms with E-state index in [-0.39, 0.29) is 10.0 Å². The molecule has 0 bridgehead atoms. The van der Waals surface area contributed by atoms with E-state index in [1.165, 1.54) is 12.1 Å². The van der Waals surface area contributed by atoms with Crippen molar-refractivity contribution in [2.24, 2.45) is 0 Å². The van der Waals surface area contributed by atoms with Crippen molar-refractivity contribution in [1.82, 2.24) is 9.55 Å². The van der Waals surface area contributed by atoms with Gasteiger partial charge in [0.1, 0.15) is 0 Å². The van der Waals surface area contributed by atoms with Gasteiger partial charge in [-0.3, -0.25) is 4.57 Å². The summed E-state index contributed by atoms with van der Waals surface area (Å²) >= 11 is 11.7. The number of anilines is 1. The number of nitrogen functional groups attached to an aromatic ring is 1. The van der Waals surface area contributed by atoms with E-state index in [1.54, 1.807) is 4.57 Å². The van der Waals surface area contributed by atoms with Gasteiger partial charge in [-0.1, -0.05) is 35.3 Å². The first-order valence-electron chi connectivity index (χ1n) is 5.87. The number of rotatable bonds is 1. The number of aryl methyl sites for hydroxylation is 1. The summed E-state index contributed by atoms with van der Waals surface area (Å²) in [6.45, 7) is 1.95. The highest BCUT2D eigenvalue weighted by molar-refractivity contribution is 6.35. The number of para-hydroxylation sites is 1. The molecule has 3 aromatic rings. The van der Waals surface area contributed by atoms with Gasteiger partial charge in [-0.05, 0) is 30.7 Å². The van der Waals surface area contributed by atoms with E-state index >= 15 is 0 Å². The zero-order valence-corrected chi connectivity index (χ0v) is 12.0. The van der Waals surface area contributed by atoms with E-state index < -0.39 is 5.82 Å². The fourth-order valence-corrected chi connectivity index (χ4v) is 2.72. The van der Waals surface area contributed by atoms with Crippen molar-refractivity contribution in [3.05, 3.63) is 51.8 Å². The van der Waals surface area contributed by atoms with Crippen LogP contribution in [0, 0.1) is 12.7 Å². The number of hydrogen-bond acceptors (Lipinski definition) is 2. The predicted molar refractivity (Wildman–Crippen MR) is 80.2 cm³/mol. The van der Waals surface area contributed by atoms with E-state index in [0.717, 1.165) is 16.6 Å². The number of imidazole rings is 1. The second-order valence-electron chi connectivity index (χ2n) is 4.47. The van der Waals surface area contributed by atoms with Crippen LogP contribution in [0.1, 0.15) is 5.56 Å². The minimum absolute atomic E-state index is 0.0534. The van der Waals surface area contributed by atoms with Crippen LogP contribution in [0.15, 0.2) is 30.3 Å². The van der Waals surface area contributed by atoms with Gasteiger partial charge in [-0.25, -0.2) is 9.37 Å². The van der Waals surface area contributed by atoms with Crippen LogP contribution in [-0.4, -0.2) is 9.55 Å². The highest BCUT2D eigenvalue weighted by Crippen LogP contribution is 2.31. The monoisotopic (exact) mass is 309 g/mol. The summed E-state index contributed by atoms with van der Waals surface area (Å²) in [5, 5.41) is -0.107. The number of halogens is 3. The van der Waals surface area contributed by atoms with E-state index in [9.17, 15) is 4.39 Å². The minimum Gasteiger partial charge on any atom is -0.369 e. The Labute approximate surface area is 124 Å². The van der Waals surface area contributed by atoms with Crippen molar-refractivity contribution >= 4 is 40.2 Å². The lowest BCUT2D eigenvalue weighted by molar-refractivity contribution is 0.628. The molecule has 0 saturated carbocycles. The lowest BCUT2D eigenvalue weighted by Crippen LogP contribution is -2.02. The predicted octanol–water partition coefficient (Wildman–Crippen LogP) is 4.36. The van der Waals surface area contributed by atoms with Gasteiger partial charge in [-0.2, -0.15) is 0 Å². The molecular weight excluding hydrogens is 300 g/mol. The number of nitrogens with zero attached hydrogens (tertiary/aromatic N) is 2. The van der Waals surface area contributed by atoms with Crippen molar-refractivity contribution in [2.75, 3.05) is 5.73 Å².